The molecule has 1 aliphatic heterocycles. The molecule has 1 aliphatic rings. The van der Waals surface area contributed by atoms with Crippen LogP contribution in [0.4, 0.5) is 6.01 Å². The summed E-state index contributed by atoms with van der Waals surface area (Å²) in [4.78, 5) is 4.03. The van der Waals surface area contributed by atoms with Gasteiger partial charge < -0.3 is 25.1 Å². The zero-order chi connectivity index (χ0) is 12.4. The molecule has 0 radical (unpaired) electrons. The van der Waals surface area contributed by atoms with Crippen molar-refractivity contribution in [3.05, 3.63) is 5.89 Å². The summed E-state index contributed by atoms with van der Waals surface area (Å²) in [6.07, 6.45) is 0.381. The highest BCUT2D eigenvalue weighted by atomic mass is 16.4. The molecule has 0 spiro atoms. The van der Waals surface area contributed by atoms with Crippen LogP contribution < -0.4 is 10.6 Å². The van der Waals surface area contributed by atoms with Crippen LogP contribution in [0.1, 0.15) is 12.3 Å². The standard InChI is InChI=1S/C10H19N5O2/c1-14(2)5-7-3-8(16)6-15(7)10-13-12-9(4-11)17-10/h7-8,16H,3-6,11H2,1-2H3. The summed E-state index contributed by atoms with van der Waals surface area (Å²) in [6, 6.07) is 0.653. The van der Waals surface area contributed by atoms with E-state index in [4.69, 9.17) is 10.2 Å². The molecule has 1 aromatic rings. The third kappa shape index (κ3) is 2.74. The van der Waals surface area contributed by atoms with E-state index in [0.29, 0.717) is 18.5 Å². The normalized spacial score (nSPS) is 24.9. The largest absolute Gasteiger partial charge is 0.407 e. The van der Waals surface area contributed by atoms with Crippen molar-refractivity contribution >= 4 is 6.01 Å². The van der Waals surface area contributed by atoms with Crippen LogP contribution >= 0.6 is 0 Å². The van der Waals surface area contributed by atoms with E-state index in [1.807, 2.05) is 19.0 Å². The summed E-state index contributed by atoms with van der Waals surface area (Å²) >= 11 is 0. The molecule has 17 heavy (non-hydrogen) atoms. The highest BCUT2D eigenvalue weighted by molar-refractivity contribution is 5.30. The first-order valence-electron chi connectivity index (χ1n) is 5.72. The van der Waals surface area contributed by atoms with Crippen LogP contribution in [0.3, 0.4) is 0 Å². The molecule has 0 aliphatic carbocycles. The molecule has 0 aromatic carbocycles. The van der Waals surface area contributed by atoms with E-state index in [9.17, 15) is 5.11 Å². The van der Waals surface area contributed by atoms with Crippen molar-refractivity contribution in [2.24, 2.45) is 5.73 Å². The summed E-state index contributed by atoms with van der Waals surface area (Å²) in [5.74, 6) is 0.421. The van der Waals surface area contributed by atoms with Gasteiger partial charge in [0.2, 0.25) is 5.89 Å². The molecule has 1 aromatic heterocycles. The molecule has 3 N–H and O–H groups in total. The van der Waals surface area contributed by atoms with Crippen molar-refractivity contribution in [3.63, 3.8) is 0 Å². The lowest BCUT2D eigenvalue weighted by atomic mass is 10.2. The van der Waals surface area contributed by atoms with Crippen molar-refractivity contribution in [2.75, 3.05) is 32.1 Å². The van der Waals surface area contributed by atoms with Crippen LogP contribution in [0, 0.1) is 0 Å². The van der Waals surface area contributed by atoms with Gasteiger partial charge in [0.15, 0.2) is 0 Å². The minimum absolute atomic E-state index is 0.200. The van der Waals surface area contributed by atoms with E-state index >= 15 is 0 Å². The van der Waals surface area contributed by atoms with Gasteiger partial charge in [0.1, 0.15) is 0 Å². The first kappa shape index (κ1) is 12.3. The quantitative estimate of drug-likeness (QED) is 0.700. The molecule has 96 valence electrons. The van der Waals surface area contributed by atoms with E-state index < -0.39 is 0 Å². The fourth-order valence-corrected chi connectivity index (χ4v) is 2.16. The van der Waals surface area contributed by atoms with Crippen molar-refractivity contribution in [3.8, 4) is 0 Å². The Morgan fingerprint density at radius 3 is 2.88 bits per heavy atom. The van der Waals surface area contributed by atoms with Gasteiger partial charge in [0.05, 0.1) is 12.6 Å². The number of anilines is 1. The molecule has 2 rings (SSSR count). The average molecular weight is 241 g/mol. The van der Waals surface area contributed by atoms with Gasteiger partial charge in [-0.25, -0.2) is 0 Å². The summed E-state index contributed by atoms with van der Waals surface area (Å²) in [7, 11) is 4.00. The lowest BCUT2D eigenvalue weighted by molar-refractivity contribution is 0.191. The average Bonchev–Trinajstić information content (AvgIpc) is 2.83. The maximum Gasteiger partial charge on any atom is 0.318 e. The van der Waals surface area contributed by atoms with Crippen molar-refractivity contribution < 1.29 is 9.52 Å². The number of nitrogens with two attached hydrogens (primary N) is 1. The van der Waals surface area contributed by atoms with Gasteiger partial charge >= 0.3 is 6.01 Å². The number of β-amino-alcohol motifs (C(OH)–C–C–N with tert-alkyl or cyclic N) is 1. The first-order chi connectivity index (χ1) is 8.10. The number of aliphatic hydroxyl groups is 1. The Balaban J connectivity index is 2.11. The summed E-state index contributed by atoms with van der Waals surface area (Å²) in [6.45, 7) is 1.61. The van der Waals surface area contributed by atoms with E-state index in [1.165, 1.54) is 0 Å². The van der Waals surface area contributed by atoms with Crippen LogP contribution in [0.5, 0.6) is 0 Å². The molecule has 2 heterocycles. The number of rotatable bonds is 4. The summed E-state index contributed by atoms with van der Waals surface area (Å²) in [5.41, 5.74) is 5.43. The molecule has 1 fully saturated rings. The Morgan fingerprint density at radius 1 is 1.53 bits per heavy atom. The smallest absolute Gasteiger partial charge is 0.318 e. The number of nitrogens with zero attached hydrogens (tertiary/aromatic N) is 4. The van der Waals surface area contributed by atoms with Gasteiger partial charge in [-0.15, -0.1) is 5.10 Å². The van der Waals surface area contributed by atoms with Crippen molar-refractivity contribution in [1.29, 1.82) is 0 Å². The maximum absolute atomic E-state index is 9.73. The maximum atomic E-state index is 9.73. The van der Waals surface area contributed by atoms with E-state index in [2.05, 4.69) is 15.1 Å². The van der Waals surface area contributed by atoms with Gasteiger partial charge in [-0.2, -0.15) is 0 Å². The summed E-state index contributed by atoms with van der Waals surface area (Å²) < 4.78 is 5.43. The Labute approximate surface area is 100 Å². The topological polar surface area (TPSA) is 91.7 Å². The molecule has 0 saturated carbocycles. The lowest BCUT2D eigenvalue weighted by Crippen LogP contribution is -2.37. The Bertz CT molecular complexity index is 367. The lowest BCUT2D eigenvalue weighted by Gasteiger charge is -2.24. The van der Waals surface area contributed by atoms with Crippen LogP contribution in [-0.4, -0.2) is 59.5 Å². The number of aliphatic hydroxyl groups excluding tert-OH is 1. The van der Waals surface area contributed by atoms with E-state index in [-0.39, 0.29) is 18.7 Å². The van der Waals surface area contributed by atoms with E-state index in [1.54, 1.807) is 0 Å². The predicted molar refractivity (Wildman–Crippen MR) is 62.5 cm³/mol. The second-order valence-corrected chi connectivity index (χ2v) is 4.64. The van der Waals surface area contributed by atoms with Crippen LogP contribution in [-0.2, 0) is 6.54 Å². The summed E-state index contributed by atoms with van der Waals surface area (Å²) in [5, 5.41) is 17.5. The molecule has 1 saturated heterocycles. The zero-order valence-corrected chi connectivity index (χ0v) is 10.2. The Kier molecular flexibility index (Phi) is 3.60. The number of aromatic nitrogens is 2. The van der Waals surface area contributed by atoms with Gasteiger partial charge in [0, 0.05) is 19.1 Å². The molecule has 2 unspecified atom stereocenters. The molecule has 7 nitrogen and oxygen atoms in total. The second kappa shape index (κ2) is 4.99. The first-order valence-corrected chi connectivity index (χ1v) is 5.72. The molecule has 0 amide bonds. The fourth-order valence-electron chi connectivity index (χ4n) is 2.16. The van der Waals surface area contributed by atoms with Crippen LogP contribution in [0.2, 0.25) is 0 Å². The third-order valence-corrected chi connectivity index (χ3v) is 2.84. The zero-order valence-electron chi connectivity index (χ0n) is 10.2. The van der Waals surface area contributed by atoms with E-state index in [0.717, 1.165) is 13.0 Å². The molecule has 2 atom stereocenters. The van der Waals surface area contributed by atoms with Crippen molar-refractivity contribution in [2.45, 2.75) is 25.1 Å². The van der Waals surface area contributed by atoms with Crippen LogP contribution in [0.25, 0.3) is 0 Å². The van der Waals surface area contributed by atoms with Crippen LogP contribution in [0.15, 0.2) is 4.42 Å². The van der Waals surface area contributed by atoms with Gasteiger partial charge in [-0.05, 0) is 20.5 Å². The third-order valence-electron chi connectivity index (χ3n) is 2.84. The molecule has 7 heteroatoms. The highest BCUT2D eigenvalue weighted by Gasteiger charge is 2.34. The van der Waals surface area contributed by atoms with Gasteiger partial charge in [-0.3, -0.25) is 0 Å². The van der Waals surface area contributed by atoms with Gasteiger partial charge in [-0.1, -0.05) is 5.10 Å². The molecular weight excluding hydrogens is 222 g/mol. The minimum Gasteiger partial charge on any atom is -0.407 e. The molecular formula is C10H19N5O2. The van der Waals surface area contributed by atoms with Crippen molar-refractivity contribution in [1.82, 2.24) is 15.1 Å². The fraction of sp³-hybridized carbons (Fsp3) is 0.800. The predicted octanol–water partition coefficient (Wildman–Crippen LogP) is -0.970. The monoisotopic (exact) mass is 241 g/mol. The molecule has 0 bridgehead atoms. The Morgan fingerprint density at radius 2 is 2.29 bits per heavy atom. The highest BCUT2D eigenvalue weighted by Crippen LogP contribution is 2.24. The number of hydrogen-bond donors (Lipinski definition) is 2. The SMILES string of the molecule is CN(C)CC1CC(O)CN1c1nnc(CN)o1. The number of likely N-dealkylation sites (N-methyl/N-ethyl adjacent to an activating group) is 1. The number of hydrogen-bond acceptors (Lipinski definition) is 7. The minimum atomic E-state index is -0.340. The van der Waals surface area contributed by atoms with Gasteiger partial charge in [0.25, 0.3) is 0 Å². The second-order valence-electron chi connectivity index (χ2n) is 4.64. The Hall–Kier alpha value is -1.18.